The quantitative estimate of drug-likeness (QED) is 0.794. The molecular weight excluding hydrogens is 316 g/mol. The van der Waals surface area contributed by atoms with Crippen molar-refractivity contribution >= 4 is 17.5 Å². The van der Waals surface area contributed by atoms with Crippen LogP contribution in [0.25, 0.3) is 0 Å². The van der Waals surface area contributed by atoms with Crippen LogP contribution in [0.15, 0.2) is 36.9 Å². The zero-order valence-corrected chi connectivity index (χ0v) is 15.0. The fraction of sp³-hybridized carbons (Fsp3) is 0.500. The van der Waals surface area contributed by atoms with E-state index in [0.717, 1.165) is 18.5 Å². The Kier molecular flexibility index (Phi) is 4.95. The van der Waals surface area contributed by atoms with E-state index < -0.39 is 0 Å². The van der Waals surface area contributed by atoms with E-state index in [1.165, 1.54) is 23.8 Å². The number of nitrogens with zero attached hydrogens (tertiary/aromatic N) is 2. The molecule has 1 heterocycles. The van der Waals surface area contributed by atoms with E-state index in [1.54, 1.807) is 31.3 Å². The normalized spacial score (nSPS) is 22.0. The van der Waals surface area contributed by atoms with Gasteiger partial charge in [-0.3, -0.25) is 9.59 Å². The lowest BCUT2D eigenvalue weighted by molar-refractivity contribution is -0.115. The molecule has 2 fully saturated rings. The largest absolute Gasteiger partial charge is 0.371 e. The first-order chi connectivity index (χ1) is 12.0. The molecule has 1 spiro atoms. The van der Waals surface area contributed by atoms with E-state index in [0.29, 0.717) is 18.7 Å². The predicted octanol–water partition coefficient (Wildman–Crippen LogP) is 3.01. The second-order valence-corrected chi connectivity index (χ2v) is 7.13. The number of benzene rings is 1. The Morgan fingerprint density at radius 1 is 1.28 bits per heavy atom. The van der Waals surface area contributed by atoms with Gasteiger partial charge in [0, 0.05) is 18.3 Å². The molecule has 2 amide bonds. The third-order valence-electron chi connectivity index (χ3n) is 5.40. The van der Waals surface area contributed by atoms with Gasteiger partial charge in [0.1, 0.15) is 0 Å². The number of ether oxygens (including phenoxy) is 1. The smallest absolute Gasteiger partial charge is 0.254 e. The van der Waals surface area contributed by atoms with Crippen LogP contribution >= 0.6 is 0 Å². The molecule has 25 heavy (non-hydrogen) atoms. The Hall–Kier alpha value is -2.14. The van der Waals surface area contributed by atoms with Crippen LogP contribution in [0.3, 0.4) is 0 Å². The molecule has 1 aliphatic carbocycles. The van der Waals surface area contributed by atoms with Crippen LogP contribution in [0.5, 0.6) is 0 Å². The van der Waals surface area contributed by atoms with Gasteiger partial charge < -0.3 is 14.5 Å². The highest BCUT2D eigenvalue weighted by molar-refractivity contribution is 6.01. The van der Waals surface area contributed by atoms with Crippen molar-refractivity contribution in [1.29, 1.82) is 0 Å². The summed E-state index contributed by atoms with van der Waals surface area (Å²) in [6.45, 7) is 6.79. The summed E-state index contributed by atoms with van der Waals surface area (Å²) in [7, 11) is 1.69. The maximum atomic E-state index is 13.0. The van der Waals surface area contributed by atoms with Gasteiger partial charge in [-0.15, -0.1) is 0 Å². The van der Waals surface area contributed by atoms with Gasteiger partial charge in [0.2, 0.25) is 5.91 Å². The number of carbonyl (C=O) groups is 2. The number of carbonyl (C=O) groups excluding carboxylic acids is 2. The third kappa shape index (κ3) is 3.47. The van der Waals surface area contributed by atoms with Crippen LogP contribution < -0.4 is 4.90 Å². The summed E-state index contributed by atoms with van der Waals surface area (Å²) in [5.74, 6) is -0.143. The topological polar surface area (TPSA) is 49.9 Å². The summed E-state index contributed by atoms with van der Waals surface area (Å²) in [4.78, 5) is 28.1. The number of rotatable bonds is 3. The Morgan fingerprint density at radius 2 is 1.92 bits per heavy atom. The minimum atomic E-state index is -0.177. The fourth-order valence-corrected chi connectivity index (χ4v) is 3.75. The molecule has 0 radical (unpaired) electrons. The van der Waals surface area contributed by atoms with Crippen LogP contribution in [0.2, 0.25) is 0 Å². The molecule has 5 nitrogen and oxygen atoms in total. The highest BCUT2D eigenvalue weighted by Crippen LogP contribution is 2.37. The number of amides is 2. The maximum absolute atomic E-state index is 13.0. The van der Waals surface area contributed by atoms with Gasteiger partial charge in [0.15, 0.2) is 0 Å². The molecule has 1 saturated heterocycles. The van der Waals surface area contributed by atoms with Crippen molar-refractivity contribution in [2.75, 3.05) is 25.1 Å². The van der Waals surface area contributed by atoms with E-state index in [4.69, 9.17) is 4.74 Å². The van der Waals surface area contributed by atoms with Crippen LogP contribution in [-0.2, 0) is 9.53 Å². The van der Waals surface area contributed by atoms with Crippen molar-refractivity contribution in [2.45, 2.75) is 44.2 Å². The molecule has 2 aliphatic rings. The third-order valence-corrected chi connectivity index (χ3v) is 5.40. The predicted molar refractivity (Wildman–Crippen MR) is 97.7 cm³/mol. The van der Waals surface area contributed by atoms with Crippen molar-refractivity contribution < 1.29 is 14.3 Å². The molecule has 1 saturated carbocycles. The van der Waals surface area contributed by atoms with Crippen molar-refractivity contribution in [3.8, 4) is 0 Å². The molecule has 0 N–H and O–H groups in total. The molecule has 0 aromatic heterocycles. The molecule has 1 aromatic carbocycles. The average Bonchev–Trinajstić information content (AvgIpc) is 3.10. The second-order valence-electron chi connectivity index (χ2n) is 7.13. The van der Waals surface area contributed by atoms with Gasteiger partial charge >= 0.3 is 0 Å². The maximum Gasteiger partial charge on any atom is 0.254 e. The fourth-order valence-electron chi connectivity index (χ4n) is 3.75. The minimum Gasteiger partial charge on any atom is -0.371 e. The molecule has 0 bridgehead atoms. The number of likely N-dealkylation sites (N-methyl/N-ethyl adjacent to an activating group) is 1. The van der Waals surface area contributed by atoms with Crippen LogP contribution in [0.4, 0.5) is 5.69 Å². The standard InChI is InChI=1S/C20H26N2O3/c1-4-18(23)21(3)17-9-7-16(8-10-17)19(24)22-14-20(11-5-6-12-20)25-13-15(22)2/h4,7-10,15H,1,5-6,11-14H2,2-3H3. The molecule has 1 atom stereocenters. The number of anilines is 1. The summed E-state index contributed by atoms with van der Waals surface area (Å²) in [5, 5.41) is 0. The van der Waals surface area contributed by atoms with Crippen molar-refractivity contribution in [2.24, 2.45) is 0 Å². The van der Waals surface area contributed by atoms with Crippen LogP contribution in [0, 0.1) is 0 Å². The molecule has 5 heteroatoms. The van der Waals surface area contributed by atoms with E-state index in [-0.39, 0.29) is 23.5 Å². The van der Waals surface area contributed by atoms with Crippen molar-refractivity contribution in [1.82, 2.24) is 4.90 Å². The summed E-state index contributed by atoms with van der Waals surface area (Å²) < 4.78 is 6.10. The molecule has 1 unspecified atom stereocenters. The molecular formula is C20H26N2O3. The van der Waals surface area contributed by atoms with Gasteiger partial charge in [-0.2, -0.15) is 0 Å². The first kappa shape index (κ1) is 17.7. The summed E-state index contributed by atoms with van der Waals surface area (Å²) in [5.41, 5.74) is 1.24. The Morgan fingerprint density at radius 3 is 2.52 bits per heavy atom. The Labute approximate surface area is 149 Å². The number of morpholine rings is 1. The lowest BCUT2D eigenvalue weighted by Crippen LogP contribution is -2.56. The van der Waals surface area contributed by atoms with E-state index in [1.807, 2.05) is 11.8 Å². The van der Waals surface area contributed by atoms with Gasteiger partial charge in [-0.05, 0) is 50.1 Å². The first-order valence-electron chi connectivity index (χ1n) is 8.91. The van der Waals surface area contributed by atoms with Gasteiger partial charge in [-0.25, -0.2) is 0 Å². The zero-order chi connectivity index (χ0) is 18.0. The van der Waals surface area contributed by atoms with Gasteiger partial charge in [0.05, 0.1) is 24.8 Å². The summed E-state index contributed by atoms with van der Waals surface area (Å²) in [6.07, 6.45) is 5.70. The Bertz CT molecular complexity index is 662. The lowest BCUT2D eigenvalue weighted by Gasteiger charge is -2.44. The monoisotopic (exact) mass is 342 g/mol. The molecule has 1 aromatic rings. The van der Waals surface area contributed by atoms with Crippen molar-refractivity contribution in [3.63, 3.8) is 0 Å². The van der Waals surface area contributed by atoms with Crippen LogP contribution in [0.1, 0.15) is 43.0 Å². The second kappa shape index (κ2) is 7.00. The first-order valence-corrected chi connectivity index (χ1v) is 8.91. The van der Waals surface area contributed by atoms with E-state index in [9.17, 15) is 9.59 Å². The van der Waals surface area contributed by atoms with Crippen molar-refractivity contribution in [3.05, 3.63) is 42.5 Å². The summed E-state index contributed by atoms with van der Waals surface area (Å²) >= 11 is 0. The van der Waals surface area contributed by atoms with E-state index in [2.05, 4.69) is 6.58 Å². The van der Waals surface area contributed by atoms with Gasteiger partial charge in [0.25, 0.3) is 5.91 Å². The number of hydrogen-bond acceptors (Lipinski definition) is 3. The molecule has 134 valence electrons. The molecule has 3 rings (SSSR count). The minimum absolute atomic E-state index is 0.0336. The zero-order valence-electron chi connectivity index (χ0n) is 15.0. The highest BCUT2D eigenvalue weighted by Gasteiger charge is 2.43. The lowest BCUT2D eigenvalue weighted by atomic mass is 9.97. The number of hydrogen-bond donors (Lipinski definition) is 0. The van der Waals surface area contributed by atoms with Gasteiger partial charge in [-0.1, -0.05) is 19.4 Å². The highest BCUT2D eigenvalue weighted by atomic mass is 16.5. The SMILES string of the molecule is C=CC(=O)N(C)c1ccc(C(=O)N2CC3(CCCC3)OCC2C)cc1. The molecule has 1 aliphatic heterocycles. The average molecular weight is 342 g/mol. The summed E-state index contributed by atoms with van der Waals surface area (Å²) in [6, 6.07) is 7.24. The Balaban J connectivity index is 1.75. The van der Waals surface area contributed by atoms with E-state index >= 15 is 0 Å². The van der Waals surface area contributed by atoms with Crippen LogP contribution in [-0.4, -0.2) is 48.6 Å².